The summed E-state index contributed by atoms with van der Waals surface area (Å²) in [5.41, 5.74) is 0.275. The molecule has 0 aromatic carbocycles. The topological polar surface area (TPSA) is 32.3 Å². The van der Waals surface area contributed by atoms with E-state index in [2.05, 4.69) is 12.2 Å². The first-order chi connectivity index (χ1) is 6.76. The monoisotopic (exact) mass is 197 g/mol. The second-order valence-corrected chi connectivity index (χ2v) is 5.41. The van der Waals surface area contributed by atoms with Crippen LogP contribution in [0.1, 0.15) is 45.4 Å². The van der Waals surface area contributed by atoms with Crippen LogP contribution < -0.4 is 5.32 Å². The first kappa shape index (κ1) is 10.4. The Kier molecular flexibility index (Phi) is 3.13. The van der Waals surface area contributed by atoms with Crippen LogP contribution in [-0.2, 0) is 0 Å². The van der Waals surface area contributed by atoms with E-state index >= 15 is 0 Å². The molecule has 2 unspecified atom stereocenters. The highest BCUT2D eigenvalue weighted by atomic mass is 16.3. The third-order valence-corrected chi connectivity index (χ3v) is 4.14. The summed E-state index contributed by atoms with van der Waals surface area (Å²) in [7, 11) is 0. The third kappa shape index (κ3) is 2.29. The Hall–Kier alpha value is -0.0800. The predicted octanol–water partition coefficient (Wildman–Crippen LogP) is 1.93. The lowest BCUT2D eigenvalue weighted by molar-refractivity contribution is 0.190. The molecule has 2 heteroatoms. The summed E-state index contributed by atoms with van der Waals surface area (Å²) in [5, 5.41) is 12.9. The van der Waals surface area contributed by atoms with Crippen molar-refractivity contribution in [2.75, 3.05) is 13.2 Å². The molecule has 0 aliphatic heterocycles. The Labute approximate surface area is 87.1 Å². The van der Waals surface area contributed by atoms with Crippen molar-refractivity contribution in [2.24, 2.45) is 11.3 Å². The van der Waals surface area contributed by atoms with Crippen molar-refractivity contribution in [3.05, 3.63) is 0 Å². The minimum atomic E-state index is 0.275. The summed E-state index contributed by atoms with van der Waals surface area (Å²) in [4.78, 5) is 0. The van der Waals surface area contributed by atoms with E-state index in [1.54, 1.807) is 0 Å². The molecule has 2 fully saturated rings. The van der Waals surface area contributed by atoms with Gasteiger partial charge in [0.25, 0.3) is 0 Å². The summed E-state index contributed by atoms with van der Waals surface area (Å²) in [6, 6.07) is 0.716. The number of aliphatic hydroxyl groups excluding tert-OH is 1. The molecular weight excluding hydrogens is 174 g/mol. The molecule has 2 atom stereocenters. The van der Waals surface area contributed by atoms with Crippen molar-refractivity contribution < 1.29 is 5.11 Å². The molecule has 2 aliphatic rings. The SMILES string of the molecule is CC1CCCCC1NCC1(CO)CC1. The maximum Gasteiger partial charge on any atom is 0.0499 e. The lowest BCUT2D eigenvalue weighted by atomic mass is 9.85. The van der Waals surface area contributed by atoms with Crippen molar-refractivity contribution in [2.45, 2.75) is 51.5 Å². The minimum absolute atomic E-state index is 0.275. The van der Waals surface area contributed by atoms with E-state index < -0.39 is 0 Å². The van der Waals surface area contributed by atoms with Crippen LogP contribution in [0.15, 0.2) is 0 Å². The van der Waals surface area contributed by atoms with Crippen LogP contribution in [0.25, 0.3) is 0 Å². The van der Waals surface area contributed by atoms with E-state index in [0.29, 0.717) is 12.6 Å². The van der Waals surface area contributed by atoms with Gasteiger partial charge < -0.3 is 10.4 Å². The van der Waals surface area contributed by atoms with Crippen LogP contribution >= 0.6 is 0 Å². The number of hydrogen-bond acceptors (Lipinski definition) is 2. The van der Waals surface area contributed by atoms with E-state index in [1.807, 2.05) is 0 Å². The Morgan fingerprint density at radius 3 is 2.57 bits per heavy atom. The first-order valence-corrected chi connectivity index (χ1v) is 6.10. The average Bonchev–Trinajstić information content (AvgIpc) is 2.98. The van der Waals surface area contributed by atoms with E-state index in [4.69, 9.17) is 0 Å². The molecule has 0 aromatic heterocycles. The van der Waals surface area contributed by atoms with Gasteiger partial charge in [0.2, 0.25) is 0 Å². The Morgan fingerprint density at radius 2 is 2.00 bits per heavy atom. The van der Waals surface area contributed by atoms with Crippen molar-refractivity contribution in [3.8, 4) is 0 Å². The van der Waals surface area contributed by atoms with Crippen molar-refractivity contribution >= 4 is 0 Å². The fourth-order valence-corrected chi connectivity index (χ4v) is 2.53. The van der Waals surface area contributed by atoms with E-state index in [-0.39, 0.29) is 5.41 Å². The van der Waals surface area contributed by atoms with E-state index in [9.17, 15) is 5.11 Å². The van der Waals surface area contributed by atoms with Gasteiger partial charge in [0, 0.05) is 24.6 Å². The zero-order valence-corrected chi connectivity index (χ0v) is 9.26. The molecule has 0 amide bonds. The fourth-order valence-electron chi connectivity index (χ4n) is 2.53. The van der Waals surface area contributed by atoms with Gasteiger partial charge in [-0.1, -0.05) is 19.8 Å². The summed E-state index contributed by atoms with van der Waals surface area (Å²) in [6.45, 7) is 3.77. The molecule has 0 spiro atoms. The molecule has 2 N–H and O–H groups in total. The molecule has 2 aliphatic carbocycles. The zero-order valence-electron chi connectivity index (χ0n) is 9.26. The lowest BCUT2D eigenvalue weighted by Crippen LogP contribution is -2.41. The molecule has 82 valence electrons. The van der Waals surface area contributed by atoms with Crippen LogP contribution in [0.4, 0.5) is 0 Å². The molecular formula is C12H23NO. The van der Waals surface area contributed by atoms with Gasteiger partial charge in [-0.3, -0.25) is 0 Å². The number of nitrogens with one attached hydrogen (secondary N) is 1. The Morgan fingerprint density at radius 1 is 1.29 bits per heavy atom. The van der Waals surface area contributed by atoms with Gasteiger partial charge in [-0.05, 0) is 31.6 Å². The number of hydrogen-bond donors (Lipinski definition) is 2. The largest absolute Gasteiger partial charge is 0.396 e. The molecule has 2 rings (SSSR count). The predicted molar refractivity (Wildman–Crippen MR) is 58.2 cm³/mol. The van der Waals surface area contributed by atoms with Gasteiger partial charge in [0.1, 0.15) is 0 Å². The highest BCUT2D eigenvalue weighted by Crippen LogP contribution is 2.44. The normalized spacial score (nSPS) is 35.6. The maximum atomic E-state index is 9.21. The molecule has 2 saturated carbocycles. The first-order valence-electron chi connectivity index (χ1n) is 6.10. The van der Waals surface area contributed by atoms with E-state index in [0.717, 1.165) is 12.5 Å². The second kappa shape index (κ2) is 4.19. The zero-order chi connectivity index (χ0) is 10.0. The van der Waals surface area contributed by atoms with Crippen LogP contribution in [0.2, 0.25) is 0 Å². The average molecular weight is 197 g/mol. The quantitative estimate of drug-likeness (QED) is 0.722. The van der Waals surface area contributed by atoms with Crippen molar-refractivity contribution in [1.82, 2.24) is 5.32 Å². The molecule has 2 nitrogen and oxygen atoms in total. The summed E-state index contributed by atoms with van der Waals surface area (Å²) < 4.78 is 0. The standard InChI is InChI=1S/C12H23NO/c1-10-4-2-3-5-11(10)13-8-12(9-14)6-7-12/h10-11,13-14H,2-9H2,1H3. The molecule has 14 heavy (non-hydrogen) atoms. The smallest absolute Gasteiger partial charge is 0.0499 e. The molecule has 0 bridgehead atoms. The third-order valence-electron chi connectivity index (χ3n) is 4.14. The minimum Gasteiger partial charge on any atom is -0.396 e. The highest BCUT2D eigenvalue weighted by Gasteiger charge is 2.42. The van der Waals surface area contributed by atoms with Gasteiger partial charge in [0.05, 0.1) is 0 Å². The highest BCUT2D eigenvalue weighted by molar-refractivity contribution is 4.95. The van der Waals surface area contributed by atoms with Gasteiger partial charge >= 0.3 is 0 Å². The van der Waals surface area contributed by atoms with Gasteiger partial charge in [-0.15, -0.1) is 0 Å². The van der Waals surface area contributed by atoms with Gasteiger partial charge in [0.15, 0.2) is 0 Å². The molecule has 0 radical (unpaired) electrons. The summed E-state index contributed by atoms with van der Waals surface area (Å²) in [5.74, 6) is 0.832. The van der Waals surface area contributed by atoms with Crippen molar-refractivity contribution in [3.63, 3.8) is 0 Å². The van der Waals surface area contributed by atoms with Crippen LogP contribution in [0.5, 0.6) is 0 Å². The van der Waals surface area contributed by atoms with Crippen LogP contribution in [0, 0.1) is 11.3 Å². The Balaban J connectivity index is 1.73. The van der Waals surface area contributed by atoms with E-state index in [1.165, 1.54) is 38.5 Å². The Bertz CT molecular complexity index is 189. The van der Waals surface area contributed by atoms with Gasteiger partial charge in [-0.25, -0.2) is 0 Å². The summed E-state index contributed by atoms with van der Waals surface area (Å²) in [6.07, 6.45) is 7.94. The molecule has 0 heterocycles. The lowest BCUT2D eigenvalue weighted by Gasteiger charge is -2.31. The molecule has 0 saturated heterocycles. The van der Waals surface area contributed by atoms with Gasteiger partial charge in [-0.2, -0.15) is 0 Å². The summed E-state index contributed by atoms with van der Waals surface area (Å²) >= 11 is 0. The molecule has 0 aromatic rings. The van der Waals surface area contributed by atoms with Crippen LogP contribution in [0.3, 0.4) is 0 Å². The number of rotatable bonds is 4. The number of aliphatic hydroxyl groups is 1. The maximum absolute atomic E-state index is 9.21. The van der Waals surface area contributed by atoms with Crippen molar-refractivity contribution in [1.29, 1.82) is 0 Å². The van der Waals surface area contributed by atoms with Crippen LogP contribution in [-0.4, -0.2) is 24.3 Å². The fraction of sp³-hybridized carbons (Fsp3) is 1.00. The second-order valence-electron chi connectivity index (χ2n) is 5.41.